The molecule has 3 rings (SSSR count). The Labute approximate surface area is 132 Å². The molecule has 4 atom stereocenters. The van der Waals surface area contributed by atoms with Crippen LogP contribution >= 0.6 is 24.8 Å². The summed E-state index contributed by atoms with van der Waals surface area (Å²) in [4.78, 5) is 11.0. The number of nitrogens with zero attached hydrogens (tertiary/aromatic N) is 2. The van der Waals surface area contributed by atoms with Crippen LogP contribution in [0.25, 0.3) is 11.0 Å². The maximum Gasteiger partial charge on any atom is 0.151 e. The molecule has 1 fully saturated rings. The van der Waals surface area contributed by atoms with Crippen LogP contribution in [0.15, 0.2) is 12.5 Å². The number of hydrogen-bond acceptors (Lipinski definition) is 7. The van der Waals surface area contributed by atoms with E-state index >= 15 is 0 Å². The molecule has 3 heterocycles. The van der Waals surface area contributed by atoms with E-state index in [1.807, 2.05) is 0 Å². The van der Waals surface area contributed by atoms with Crippen LogP contribution in [-0.2, 0) is 0 Å². The lowest BCUT2D eigenvalue weighted by Gasteiger charge is -2.14. The Morgan fingerprint density at radius 2 is 1.90 bits per heavy atom. The summed E-state index contributed by atoms with van der Waals surface area (Å²) < 4.78 is 0. The van der Waals surface area contributed by atoms with Gasteiger partial charge in [0.15, 0.2) is 5.82 Å². The van der Waals surface area contributed by atoms with Gasteiger partial charge in [0.25, 0.3) is 0 Å². The zero-order valence-corrected chi connectivity index (χ0v) is 12.4. The van der Waals surface area contributed by atoms with Crippen molar-refractivity contribution in [1.29, 1.82) is 0 Å². The summed E-state index contributed by atoms with van der Waals surface area (Å²) in [6.07, 6.45) is 0.964. The Bertz CT molecular complexity index is 611. The molecular formula is C11H17Cl2N5O3. The number of aromatic amines is 1. The lowest BCUT2D eigenvalue weighted by atomic mass is 10.0. The molecular weight excluding hydrogens is 321 g/mol. The second-order valence-corrected chi connectivity index (χ2v) is 4.64. The van der Waals surface area contributed by atoms with Gasteiger partial charge in [-0.15, -0.1) is 24.8 Å². The van der Waals surface area contributed by atoms with Crippen molar-refractivity contribution in [3.8, 4) is 0 Å². The zero-order chi connectivity index (χ0) is 13.6. The lowest BCUT2D eigenvalue weighted by Crippen LogP contribution is -2.35. The van der Waals surface area contributed by atoms with Gasteiger partial charge in [-0.1, -0.05) is 0 Å². The summed E-state index contributed by atoms with van der Waals surface area (Å²) in [5, 5.41) is 32.0. The van der Waals surface area contributed by atoms with Crippen LogP contribution in [0.2, 0.25) is 0 Å². The molecule has 0 aliphatic carbocycles. The number of H-pyrrole nitrogens is 1. The minimum Gasteiger partial charge on any atom is -0.395 e. The predicted molar refractivity (Wildman–Crippen MR) is 81.6 cm³/mol. The molecule has 0 radical (unpaired) electrons. The van der Waals surface area contributed by atoms with Gasteiger partial charge in [-0.2, -0.15) is 0 Å². The van der Waals surface area contributed by atoms with Gasteiger partial charge in [0.1, 0.15) is 17.9 Å². The summed E-state index contributed by atoms with van der Waals surface area (Å²) in [7, 11) is 0. The summed E-state index contributed by atoms with van der Waals surface area (Å²) in [5.74, 6) is 0.322. The number of fused-ring (bicyclic) bond motifs is 1. The molecule has 2 aromatic rings. The van der Waals surface area contributed by atoms with Gasteiger partial charge in [-0.3, -0.25) is 0 Å². The highest BCUT2D eigenvalue weighted by Crippen LogP contribution is 2.32. The molecule has 1 aliphatic rings. The Morgan fingerprint density at radius 3 is 2.52 bits per heavy atom. The maximum atomic E-state index is 10.0. The molecule has 1 saturated heterocycles. The van der Waals surface area contributed by atoms with Crippen molar-refractivity contribution < 1.29 is 15.3 Å². The molecule has 0 saturated carbocycles. The largest absolute Gasteiger partial charge is 0.395 e. The average molecular weight is 338 g/mol. The number of aromatic nitrogens is 3. The Hall–Kier alpha value is -1.16. The predicted octanol–water partition coefficient (Wildman–Crippen LogP) is -0.889. The van der Waals surface area contributed by atoms with Gasteiger partial charge >= 0.3 is 0 Å². The minimum absolute atomic E-state index is 0. The highest BCUT2D eigenvalue weighted by molar-refractivity contribution is 5.87. The van der Waals surface area contributed by atoms with Crippen LogP contribution in [0, 0.1) is 0 Å². The maximum absolute atomic E-state index is 10.0. The Balaban J connectivity index is 0.00000110. The van der Waals surface area contributed by atoms with Crippen LogP contribution in [0.5, 0.6) is 0 Å². The Kier molecular flexibility index (Phi) is 5.74. The molecule has 0 spiro atoms. The quantitative estimate of drug-likeness (QED) is 0.417. The molecule has 118 valence electrons. The monoisotopic (exact) mass is 337 g/mol. The van der Waals surface area contributed by atoms with Gasteiger partial charge in [0.2, 0.25) is 0 Å². The highest BCUT2D eigenvalue weighted by atomic mass is 35.5. The first-order valence-corrected chi connectivity index (χ1v) is 5.94. The van der Waals surface area contributed by atoms with Crippen LogP contribution in [0.3, 0.4) is 0 Å². The SMILES string of the molecule is Cl.Cl.Nc1ncnc2c([C@@H]3N[C@H](CO)[C@@H](O)[C@H]3O)c[nH]c12. The van der Waals surface area contributed by atoms with Crippen molar-refractivity contribution in [3.63, 3.8) is 0 Å². The number of nitrogens with one attached hydrogen (secondary N) is 2. The van der Waals surface area contributed by atoms with Crippen molar-refractivity contribution >= 4 is 41.7 Å². The Morgan fingerprint density at radius 1 is 1.19 bits per heavy atom. The molecule has 0 bridgehead atoms. The van der Waals surface area contributed by atoms with E-state index in [1.54, 1.807) is 6.20 Å². The summed E-state index contributed by atoms with van der Waals surface area (Å²) >= 11 is 0. The minimum atomic E-state index is -1.03. The topological polar surface area (TPSA) is 140 Å². The van der Waals surface area contributed by atoms with Gasteiger partial charge in [0.05, 0.1) is 30.3 Å². The van der Waals surface area contributed by atoms with E-state index in [0.29, 0.717) is 22.4 Å². The fourth-order valence-corrected chi connectivity index (χ4v) is 2.51. The summed E-state index contributed by atoms with van der Waals surface area (Å²) in [5.41, 5.74) is 7.60. The number of nitrogens with two attached hydrogens (primary N) is 1. The standard InChI is InChI=1S/C11H15N5O3.2ClH/c12-11-8-6(14-3-15-11)4(1-13-8)7-10(19)9(18)5(2-17)16-7;;/h1,3,5,7,9-10,13,16-19H,2H2,(H2,12,14,15);2*1H/t5-,7+,9-,10+;;/m1../s1. The first-order chi connectivity index (χ1) is 9.13. The number of rotatable bonds is 2. The van der Waals surface area contributed by atoms with Gasteiger partial charge < -0.3 is 31.4 Å². The molecule has 0 amide bonds. The first kappa shape index (κ1) is 17.9. The van der Waals surface area contributed by atoms with Crippen molar-refractivity contribution in [2.45, 2.75) is 24.3 Å². The molecule has 7 N–H and O–H groups in total. The van der Waals surface area contributed by atoms with E-state index in [-0.39, 0.29) is 31.4 Å². The van der Waals surface area contributed by atoms with E-state index in [4.69, 9.17) is 10.8 Å². The lowest BCUT2D eigenvalue weighted by molar-refractivity contribution is 0.0196. The number of aliphatic hydroxyl groups is 3. The van der Waals surface area contributed by atoms with Crippen LogP contribution < -0.4 is 11.1 Å². The summed E-state index contributed by atoms with van der Waals surface area (Å²) in [6.45, 7) is -0.256. The molecule has 1 aliphatic heterocycles. The second kappa shape index (κ2) is 6.73. The van der Waals surface area contributed by atoms with Gasteiger partial charge in [-0.25, -0.2) is 9.97 Å². The fraction of sp³-hybridized carbons (Fsp3) is 0.455. The number of halogens is 2. The van der Waals surface area contributed by atoms with E-state index in [2.05, 4.69) is 20.3 Å². The van der Waals surface area contributed by atoms with E-state index in [0.717, 1.165) is 0 Å². The first-order valence-electron chi connectivity index (χ1n) is 5.94. The van der Waals surface area contributed by atoms with Crippen molar-refractivity contribution in [2.75, 3.05) is 12.3 Å². The van der Waals surface area contributed by atoms with E-state index < -0.39 is 24.3 Å². The van der Waals surface area contributed by atoms with Crippen molar-refractivity contribution in [3.05, 3.63) is 18.1 Å². The van der Waals surface area contributed by atoms with Crippen LogP contribution in [0.1, 0.15) is 11.6 Å². The third-order valence-corrected chi connectivity index (χ3v) is 3.55. The second-order valence-electron chi connectivity index (χ2n) is 4.64. The van der Waals surface area contributed by atoms with E-state index in [1.165, 1.54) is 6.33 Å². The average Bonchev–Trinajstić information content (AvgIpc) is 2.94. The number of nitrogen functional groups attached to an aromatic ring is 1. The van der Waals surface area contributed by atoms with Gasteiger partial charge in [-0.05, 0) is 0 Å². The molecule has 0 unspecified atom stereocenters. The van der Waals surface area contributed by atoms with Crippen molar-refractivity contribution in [1.82, 2.24) is 20.3 Å². The molecule has 0 aromatic carbocycles. The van der Waals surface area contributed by atoms with Crippen LogP contribution in [0.4, 0.5) is 5.82 Å². The van der Waals surface area contributed by atoms with Crippen molar-refractivity contribution in [2.24, 2.45) is 0 Å². The zero-order valence-electron chi connectivity index (χ0n) is 10.8. The normalized spacial score (nSPS) is 28.1. The fourth-order valence-electron chi connectivity index (χ4n) is 2.51. The van der Waals surface area contributed by atoms with E-state index in [9.17, 15) is 10.2 Å². The molecule has 10 heteroatoms. The molecule has 8 nitrogen and oxygen atoms in total. The molecule has 2 aromatic heterocycles. The number of aliphatic hydroxyl groups excluding tert-OH is 3. The third kappa shape index (κ3) is 2.78. The summed E-state index contributed by atoms with van der Waals surface area (Å²) in [6, 6.07) is -1.08. The highest BCUT2D eigenvalue weighted by Gasteiger charge is 2.42. The number of anilines is 1. The smallest absolute Gasteiger partial charge is 0.151 e. The van der Waals surface area contributed by atoms with Gasteiger partial charge in [0, 0.05) is 11.8 Å². The number of hydrogen-bond donors (Lipinski definition) is 6. The van der Waals surface area contributed by atoms with Crippen LogP contribution in [-0.4, -0.2) is 55.1 Å². The molecule has 21 heavy (non-hydrogen) atoms. The third-order valence-electron chi connectivity index (χ3n) is 3.55.